The second-order valence-electron chi connectivity index (χ2n) is 6.88. The quantitative estimate of drug-likeness (QED) is 0.722. The number of hydrogen-bond acceptors (Lipinski definition) is 2. The lowest BCUT2D eigenvalue weighted by molar-refractivity contribution is -0.0312. The molecule has 2 fully saturated rings. The highest BCUT2D eigenvalue weighted by atomic mass is 16.5. The zero-order valence-corrected chi connectivity index (χ0v) is 13.7. The van der Waals surface area contributed by atoms with Gasteiger partial charge in [0, 0.05) is 12.6 Å². The molecule has 2 atom stereocenters. The van der Waals surface area contributed by atoms with Gasteiger partial charge in [-0.05, 0) is 51.5 Å². The monoisotopic (exact) mass is 281 g/mol. The fraction of sp³-hybridized carbons (Fsp3) is 1.00. The van der Waals surface area contributed by atoms with Crippen molar-refractivity contribution in [2.45, 2.75) is 89.7 Å². The fourth-order valence-corrected chi connectivity index (χ4v) is 4.53. The van der Waals surface area contributed by atoms with Gasteiger partial charge in [-0.15, -0.1) is 0 Å². The molecule has 2 rings (SSSR count). The summed E-state index contributed by atoms with van der Waals surface area (Å²) in [4.78, 5) is 0. The third-order valence-electron chi connectivity index (χ3n) is 5.57. The topological polar surface area (TPSA) is 21.3 Å². The number of hydrogen-bond donors (Lipinski definition) is 1. The van der Waals surface area contributed by atoms with Crippen LogP contribution in [0.25, 0.3) is 0 Å². The molecule has 0 aromatic rings. The van der Waals surface area contributed by atoms with Gasteiger partial charge in [0.1, 0.15) is 0 Å². The Labute approximate surface area is 126 Å². The van der Waals surface area contributed by atoms with Crippen LogP contribution < -0.4 is 5.32 Å². The molecule has 2 aliphatic rings. The molecule has 20 heavy (non-hydrogen) atoms. The molecule has 0 radical (unpaired) electrons. The van der Waals surface area contributed by atoms with E-state index < -0.39 is 0 Å². The van der Waals surface area contributed by atoms with Gasteiger partial charge in [0.2, 0.25) is 0 Å². The van der Waals surface area contributed by atoms with Crippen LogP contribution in [0.5, 0.6) is 0 Å². The summed E-state index contributed by atoms with van der Waals surface area (Å²) >= 11 is 0. The number of ether oxygens (including phenoxy) is 1. The van der Waals surface area contributed by atoms with Gasteiger partial charge in [0.15, 0.2) is 0 Å². The average molecular weight is 281 g/mol. The highest BCUT2D eigenvalue weighted by Crippen LogP contribution is 2.34. The van der Waals surface area contributed by atoms with Gasteiger partial charge in [-0.2, -0.15) is 0 Å². The standard InChI is InChI=1S/C18H35NO/c1-3-20-18(16-13-9-6-10-14-16)17(19-2)15-11-7-4-5-8-12-15/h15-19H,3-14H2,1-2H3. The second-order valence-corrected chi connectivity index (χ2v) is 6.88. The maximum absolute atomic E-state index is 6.27. The van der Waals surface area contributed by atoms with Crippen LogP contribution in [-0.4, -0.2) is 25.8 Å². The van der Waals surface area contributed by atoms with E-state index in [1.165, 1.54) is 70.6 Å². The highest BCUT2D eigenvalue weighted by Gasteiger charge is 2.35. The molecule has 2 nitrogen and oxygen atoms in total. The van der Waals surface area contributed by atoms with Crippen LogP contribution in [0.4, 0.5) is 0 Å². The predicted octanol–water partition coefficient (Wildman–Crippen LogP) is 4.53. The van der Waals surface area contributed by atoms with Crippen molar-refractivity contribution >= 4 is 0 Å². The van der Waals surface area contributed by atoms with Crippen molar-refractivity contribution in [2.75, 3.05) is 13.7 Å². The minimum atomic E-state index is 0.452. The molecule has 0 aromatic carbocycles. The van der Waals surface area contributed by atoms with E-state index in [-0.39, 0.29) is 0 Å². The highest BCUT2D eigenvalue weighted by molar-refractivity contribution is 4.89. The van der Waals surface area contributed by atoms with Crippen molar-refractivity contribution in [2.24, 2.45) is 11.8 Å². The van der Waals surface area contributed by atoms with E-state index in [1.54, 1.807) is 0 Å². The third kappa shape index (κ3) is 4.46. The molecule has 0 spiro atoms. The van der Waals surface area contributed by atoms with Gasteiger partial charge < -0.3 is 10.1 Å². The van der Waals surface area contributed by atoms with Gasteiger partial charge in [-0.25, -0.2) is 0 Å². The molecule has 2 saturated carbocycles. The summed E-state index contributed by atoms with van der Waals surface area (Å²) in [7, 11) is 2.16. The van der Waals surface area contributed by atoms with Crippen molar-refractivity contribution in [1.82, 2.24) is 5.32 Å². The van der Waals surface area contributed by atoms with Crippen molar-refractivity contribution < 1.29 is 4.74 Å². The predicted molar refractivity (Wildman–Crippen MR) is 86.0 cm³/mol. The van der Waals surface area contributed by atoms with E-state index in [4.69, 9.17) is 4.74 Å². The lowest BCUT2D eigenvalue weighted by Crippen LogP contribution is -2.49. The molecule has 0 heterocycles. The van der Waals surface area contributed by atoms with E-state index in [1.807, 2.05) is 0 Å². The van der Waals surface area contributed by atoms with Crippen LogP contribution in [0.3, 0.4) is 0 Å². The molecule has 0 aliphatic heterocycles. The Kier molecular flexibility index (Phi) is 7.37. The van der Waals surface area contributed by atoms with Crippen molar-refractivity contribution in [1.29, 1.82) is 0 Å². The van der Waals surface area contributed by atoms with Crippen LogP contribution in [0.1, 0.15) is 77.6 Å². The molecule has 2 heteroatoms. The van der Waals surface area contributed by atoms with Gasteiger partial charge in [-0.1, -0.05) is 44.9 Å². The second kappa shape index (κ2) is 9.04. The van der Waals surface area contributed by atoms with Gasteiger partial charge in [0.25, 0.3) is 0 Å². The molecular formula is C18H35NO. The Balaban J connectivity index is 2.02. The first-order valence-corrected chi connectivity index (χ1v) is 9.15. The number of nitrogens with one attached hydrogen (secondary N) is 1. The molecule has 0 aromatic heterocycles. The van der Waals surface area contributed by atoms with E-state index in [2.05, 4.69) is 19.3 Å². The molecule has 0 amide bonds. The molecule has 0 bridgehead atoms. The Hall–Kier alpha value is -0.0800. The Morgan fingerprint density at radius 3 is 1.85 bits per heavy atom. The minimum Gasteiger partial charge on any atom is -0.377 e. The van der Waals surface area contributed by atoms with Crippen molar-refractivity contribution in [3.63, 3.8) is 0 Å². The first-order valence-electron chi connectivity index (χ1n) is 9.15. The Morgan fingerprint density at radius 2 is 1.35 bits per heavy atom. The van der Waals surface area contributed by atoms with Crippen LogP contribution >= 0.6 is 0 Å². The van der Waals surface area contributed by atoms with E-state index in [0.29, 0.717) is 12.1 Å². The van der Waals surface area contributed by atoms with E-state index in [0.717, 1.165) is 18.4 Å². The Bertz CT molecular complexity index is 242. The van der Waals surface area contributed by atoms with Crippen molar-refractivity contribution in [3.8, 4) is 0 Å². The minimum absolute atomic E-state index is 0.452. The zero-order valence-electron chi connectivity index (χ0n) is 13.7. The van der Waals surface area contributed by atoms with Crippen LogP contribution in [-0.2, 0) is 4.74 Å². The lowest BCUT2D eigenvalue weighted by Gasteiger charge is -2.39. The molecule has 2 unspecified atom stereocenters. The zero-order chi connectivity index (χ0) is 14.2. The molecular weight excluding hydrogens is 246 g/mol. The SMILES string of the molecule is CCOC(C1CCCCC1)C(NC)C1CCCCCC1. The van der Waals surface area contributed by atoms with Crippen LogP contribution in [0.2, 0.25) is 0 Å². The fourth-order valence-electron chi connectivity index (χ4n) is 4.53. The van der Waals surface area contributed by atoms with Gasteiger partial charge in [-0.3, -0.25) is 0 Å². The summed E-state index contributed by atoms with van der Waals surface area (Å²) in [5.41, 5.74) is 0. The lowest BCUT2D eigenvalue weighted by atomic mass is 9.77. The first kappa shape index (κ1) is 16.3. The van der Waals surface area contributed by atoms with Gasteiger partial charge in [0.05, 0.1) is 6.10 Å². The summed E-state index contributed by atoms with van der Waals surface area (Å²) in [6.07, 6.45) is 16.0. The summed E-state index contributed by atoms with van der Waals surface area (Å²) in [6.45, 7) is 3.03. The molecule has 1 N–H and O–H groups in total. The van der Waals surface area contributed by atoms with Crippen molar-refractivity contribution in [3.05, 3.63) is 0 Å². The molecule has 0 saturated heterocycles. The van der Waals surface area contributed by atoms with E-state index >= 15 is 0 Å². The normalized spacial score (nSPS) is 26.1. The smallest absolute Gasteiger partial charge is 0.0758 e. The summed E-state index contributed by atoms with van der Waals surface area (Å²) in [6, 6.07) is 0.580. The first-order chi connectivity index (χ1) is 9.86. The van der Waals surface area contributed by atoms with Gasteiger partial charge >= 0.3 is 0 Å². The number of rotatable bonds is 6. The van der Waals surface area contributed by atoms with Crippen LogP contribution in [0, 0.1) is 11.8 Å². The summed E-state index contributed by atoms with van der Waals surface area (Å²) in [5.74, 6) is 1.63. The molecule has 2 aliphatic carbocycles. The van der Waals surface area contributed by atoms with E-state index in [9.17, 15) is 0 Å². The maximum Gasteiger partial charge on any atom is 0.0758 e. The summed E-state index contributed by atoms with van der Waals surface area (Å²) < 4.78 is 6.27. The maximum atomic E-state index is 6.27. The third-order valence-corrected chi connectivity index (χ3v) is 5.57. The Morgan fingerprint density at radius 1 is 0.850 bits per heavy atom. The largest absolute Gasteiger partial charge is 0.377 e. The average Bonchev–Trinajstić information content (AvgIpc) is 2.77. The van der Waals surface area contributed by atoms with Crippen LogP contribution in [0.15, 0.2) is 0 Å². The molecule has 118 valence electrons. The summed E-state index contributed by atoms with van der Waals surface area (Å²) in [5, 5.41) is 3.66. The number of likely N-dealkylation sites (N-methyl/N-ethyl adjacent to an activating group) is 1.